The number of carbonyl (C=O) groups excluding carboxylic acids is 2. The van der Waals surface area contributed by atoms with E-state index < -0.39 is 0 Å². The Hall–Kier alpha value is -3.05. The van der Waals surface area contributed by atoms with E-state index in [1.165, 1.54) is 0 Å². The van der Waals surface area contributed by atoms with Gasteiger partial charge in [0.25, 0.3) is 11.1 Å². The molecule has 1 heterocycles. The monoisotopic (exact) mass is 524 g/mol. The van der Waals surface area contributed by atoms with Gasteiger partial charge in [-0.25, -0.2) is 4.90 Å². The van der Waals surface area contributed by atoms with Gasteiger partial charge in [-0.2, -0.15) is 5.26 Å². The molecule has 4 rings (SSSR count). The summed E-state index contributed by atoms with van der Waals surface area (Å²) in [6.07, 6.45) is 1.67. The number of amides is 2. The fraction of sp³-hybridized carbons (Fsp3) is 0.0417. The van der Waals surface area contributed by atoms with Crippen LogP contribution in [0.3, 0.4) is 0 Å². The van der Waals surface area contributed by atoms with Crippen LogP contribution in [0.5, 0.6) is 5.75 Å². The molecule has 5 nitrogen and oxygen atoms in total. The maximum atomic E-state index is 12.8. The fourth-order valence-electron chi connectivity index (χ4n) is 3.07. The predicted molar refractivity (Wildman–Crippen MR) is 130 cm³/mol. The minimum atomic E-state index is -0.383. The Bertz CT molecular complexity index is 1290. The highest BCUT2D eigenvalue weighted by molar-refractivity contribution is 9.10. The smallest absolute Gasteiger partial charge is 0.298 e. The first-order chi connectivity index (χ1) is 15.5. The number of rotatable bonds is 5. The molecule has 3 aromatic rings. The number of halogens is 2. The topological polar surface area (TPSA) is 70.4 Å². The van der Waals surface area contributed by atoms with Gasteiger partial charge in [-0.05, 0) is 81.8 Å². The SMILES string of the molecule is N#Cc1ccccc1COc1ccc(/C=C2/SC(=O)N(c3ccc(Cl)cc3)C2=O)cc1Br. The maximum absolute atomic E-state index is 12.8. The molecule has 0 N–H and O–H groups in total. The largest absolute Gasteiger partial charge is 0.488 e. The molecular formula is C24H14BrClN2O3S. The van der Waals surface area contributed by atoms with Crippen molar-refractivity contribution >= 4 is 62.2 Å². The lowest BCUT2D eigenvalue weighted by Crippen LogP contribution is -2.27. The highest BCUT2D eigenvalue weighted by Gasteiger charge is 2.36. The molecule has 0 saturated carbocycles. The maximum Gasteiger partial charge on any atom is 0.298 e. The first-order valence-electron chi connectivity index (χ1n) is 9.40. The van der Waals surface area contributed by atoms with Crippen molar-refractivity contribution in [2.75, 3.05) is 4.90 Å². The number of thioether (sulfide) groups is 1. The third-order valence-corrected chi connectivity index (χ3v) is 6.39. The first-order valence-corrected chi connectivity index (χ1v) is 11.4. The Balaban J connectivity index is 1.50. The van der Waals surface area contributed by atoms with E-state index >= 15 is 0 Å². The third-order valence-electron chi connectivity index (χ3n) is 4.65. The molecule has 1 aliphatic rings. The van der Waals surface area contributed by atoms with Gasteiger partial charge in [-0.15, -0.1) is 0 Å². The molecule has 0 unspecified atom stereocenters. The van der Waals surface area contributed by atoms with Crippen LogP contribution in [0.4, 0.5) is 10.5 Å². The van der Waals surface area contributed by atoms with Gasteiger partial charge in [0, 0.05) is 10.6 Å². The van der Waals surface area contributed by atoms with Crippen LogP contribution in [0.25, 0.3) is 6.08 Å². The van der Waals surface area contributed by atoms with E-state index in [0.717, 1.165) is 27.8 Å². The van der Waals surface area contributed by atoms with Crippen molar-refractivity contribution in [3.63, 3.8) is 0 Å². The second kappa shape index (κ2) is 9.61. The molecule has 0 bridgehead atoms. The van der Waals surface area contributed by atoms with Crippen molar-refractivity contribution in [2.45, 2.75) is 6.61 Å². The van der Waals surface area contributed by atoms with Gasteiger partial charge in [0.05, 0.1) is 26.7 Å². The summed E-state index contributed by atoms with van der Waals surface area (Å²) in [6, 6.07) is 21.3. The van der Waals surface area contributed by atoms with Gasteiger partial charge in [-0.1, -0.05) is 35.9 Å². The van der Waals surface area contributed by atoms with E-state index in [4.69, 9.17) is 16.3 Å². The van der Waals surface area contributed by atoms with E-state index in [2.05, 4.69) is 22.0 Å². The van der Waals surface area contributed by atoms with Gasteiger partial charge in [0.2, 0.25) is 0 Å². The predicted octanol–water partition coefficient (Wildman–Crippen LogP) is 6.79. The highest BCUT2D eigenvalue weighted by Crippen LogP contribution is 2.37. The number of nitrogens with zero attached hydrogens (tertiary/aromatic N) is 2. The minimum absolute atomic E-state index is 0.252. The standard InChI is InChI=1S/C24H14BrClN2O3S/c25-20-11-15(5-10-21(20)31-14-17-4-2-1-3-16(17)13-27)12-22-23(29)28(24(30)32-22)19-8-6-18(26)7-9-19/h1-12H,14H2/b22-12+. The van der Waals surface area contributed by atoms with Crippen LogP contribution in [-0.4, -0.2) is 11.1 Å². The molecule has 0 atom stereocenters. The van der Waals surface area contributed by atoms with E-state index in [-0.39, 0.29) is 17.8 Å². The molecule has 158 valence electrons. The van der Waals surface area contributed by atoms with Crippen LogP contribution >= 0.6 is 39.3 Å². The molecule has 1 saturated heterocycles. The summed E-state index contributed by atoms with van der Waals surface area (Å²) in [7, 11) is 0. The number of ether oxygens (including phenoxy) is 1. The average molecular weight is 526 g/mol. The van der Waals surface area contributed by atoms with Crippen molar-refractivity contribution in [1.82, 2.24) is 0 Å². The average Bonchev–Trinajstić information content (AvgIpc) is 3.07. The third kappa shape index (κ3) is 4.73. The van der Waals surface area contributed by atoms with Crippen molar-refractivity contribution in [2.24, 2.45) is 0 Å². The molecule has 1 aliphatic heterocycles. The summed E-state index contributed by atoms with van der Waals surface area (Å²) in [4.78, 5) is 26.7. The van der Waals surface area contributed by atoms with Gasteiger partial charge in [0.1, 0.15) is 12.4 Å². The van der Waals surface area contributed by atoms with Crippen LogP contribution in [0, 0.1) is 11.3 Å². The van der Waals surface area contributed by atoms with Gasteiger partial charge >= 0.3 is 0 Å². The van der Waals surface area contributed by atoms with Crippen molar-refractivity contribution in [3.05, 3.63) is 97.8 Å². The summed E-state index contributed by atoms with van der Waals surface area (Å²) in [5, 5.41) is 9.37. The van der Waals surface area contributed by atoms with Crippen LogP contribution in [-0.2, 0) is 11.4 Å². The molecule has 3 aromatic carbocycles. The number of carbonyl (C=O) groups is 2. The van der Waals surface area contributed by atoms with E-state index in [9.17, 15) is 14.9 Å². The van der Waals surface area contributed by atoms with Crippen LogP contribution in [0.2, 0.25) is 5.02 Å². The number of hydrogen-bond donors (Lipinski definition) is 0. The molecule has 32 heavy (non-hydrogen) atoms. The Morgan fingerprint density at radius 3 is 2.56 bits per heavy atom. The number of imide groups is 1. The zero-order valence-electron chi connectivity index (χ0n) is 16.4. The summed E-state index contributed by atoms with van der Waals surface area (Å²) in [6.45, 7) is 0.252. The Morgan fingerprint density at radius 2 is 1.84 bits per heavy atom. The molecule has 0 radical (unpaired) electrons. The molecule has 0 aliphatic carbocycles. The summed E-state index contributed by atoms with van der Waals surface area (Å²) >= 11 is 10.3. The van der Waals surface area contributed by atoms with Crippen LogP contribution in [0.1, 0.15) is 16.7 Å². The second-order valence-electron chi connectivity index (χ2n) is 6.74. The number of nitriles is 1. The molecular weight excluding hydrogens is 512 g/mol. The zero-order chi connectivity index (χ0) is 22.7. The van der Waals surface area contributed by atoms with Crippen molar-refractivity contribution < 1.29 is 14.3 Å². The lowest BCUT2D eigenvalue weighted by atomic mass is 10.1. The molecule has 8 heteroatoms. The highest BCUT2D eigenvalue weighted by atomic mass is 79.9. The van der Waals surface area contributed by atoms with Crippen molar-refractivity contribution in [3.8, 4) is 11.8 Å². The molecule has 0 spiro atoms. The number of benzene rings is 3. The summed E-state index contributed by atoms with van der Waals surface area (Å²) < 4.78 is 6.54. The van der Waals surface area contributed by atoms with E-state index in [0.29, 0.717) is 31.4 Å². The summed E-state index contributed by atoms with van der Waals surface area (Å²) in [5.74, 6) is 0.219. The quantitative estimate of drug-likeness (QED) is 0.343. The Morgan fingerprint density at radius 1 is 1.09 bits per heavy atom. The number of anilines is 1. The summed E-state index contributed by atoms with van der Waals surface area (Å²) in [5.41, 5.74) is 2.57. The number of hydrogen-bond acceptors (Lipinski definition) is 5. The lowest BCUT2D eigenvalue weighted by Gasteiger charge is -2.12. The van der Waals surface area contributed by atoms with Gasteiger partial charge in [-0.3, -0.25) is 9.59 Å². The molecule has 2 amide bonds. The fourth-order valence-corrected chi connectivity index (χ4v) is 4.54. The zero-order valence-corrected chi connectivity index (χ0v) is 19.6. The Kier molecular flexibility index (Phi) is 6.66. The van der Waals surface area contributed by atoms with Crippen LogP contribution < -0.4 is 9.64 Å². The van der Waals surface area contributed by atoms with Crippen molar-refractivity contribution in [1.29, 1.82) is 5.26 Å². The van der Waals surface area contributed by atoms with Crippen LogP contribution in [0.15, 0.2) is 76.1 Å². The first kappa shape index (κ1) is 22.2. The normalized spacial score (nSPS) is 14.7. The molecule has 1 fully saturated rings. The van der Waals surface area contributed by atoms with Gasteiger partial charge in [0.15, 0.2) is 0 Å². The lowest BCUT2D eigenvalue weighted by molar-refractivity contribution is -0.113. The Labute approximate surface area is 202 Å². The van der Waals surface area contributed by atoms with E-state index in [1.54, 1.807) is 54.6 Å². The van der Waals surface area contributed by atoms with E-state index in [1.807, 2.05) is 18.2 Å². The second-order valence-corrected chi connectivity index (χ2v) is 9.02. The molecule has 0 aromatic heterocycles. The minimum Gasteiger partial charge on any atom is -0.488 e. The van der Waals surface area contributed by atoms with Gasteiger partial charge < -0.3 is 4.74 Å².